The van der Waals surface area contributed by atoms with Crippen molar-refractivity contribution in [2.45, 2.75) is 43.1 Å². The summed E-state index contributed by atoms with van der Waals surface area (Å²) in [6.45, 7) is 5.92. The molecule has 0 aliphatic heterocycles. The van der Waals surface area contributed by atoms with Crippen LogP contribution in [0.2, 0.25) is 0 Å². The van der Waals surface area contributed by atoms with Gasteiger partial charge in [-0.1, -0.05) is 18.2 Å². The molecule has 0 fully saturated rings. The summed E-state index contributed by atoms with van der Waals surface area (Å²) >= 11 is 0. The molecule has 0 bridgehead atoms. The number of carbonyl (C=O) groups is 2. The lowest BCUT2D eigenvalue weighted by Crippen LogP contribution is -2.58. The number of sulfone groups is 1. The van der Waals surface area contributed by atoms with Crippen LogP contribution in [0.25, 0.3) is 0 Å². The zero-order valence-electron chi connectivity index (χ0n) is 13.7. The maximum Gasteiger partial charge on any atom is 0.409 e. The Balaban J connectivity index is 3.28. The molecule has 128 valence electrons. The van der Waals surface area contributed by atoms with Gasteiger partial charge in [-0.05, 0) is 39.8 Å². The molecule has 0 saturated carbocycles. The average Bonchev–Trinajstić information content (AvgIpc) is 2.44. The molecule has 1 amide bonds. The average molecular weight is 343 g/mol. The standard InChI is InChI=1S/C15H21NO6S/c1-14(2,3)22-13(18)16-15(4,12(17)21-5)23(19,20)11-9-7-6-8-10-11/h6-10H,1-5H3,(H,16,18). The summed E-state index contributed by atoms with van der Waals surface area (Å²) in [7, 11) is -3.21. The Labute approximate surface area is 135 Å². The Bertz CT molecular complexity index is 678. The largest absolute Gasteiger partial charge is 0.466 e. The van der Waals surface area contributed by atoms with Crippen LogP contribution < -0.4 is 5.32 Å². The molecule has 1 atom stereocenters. The van der Waals surface area contributed by atoms with E-state index in [-0.39, 0.29) is 4.90 Å². The van der Waals surface area contributed by atoms with Crippen molar-refractivity contribution in [2.24, 2.45) is 0 Å². The maximum absolute atomic E-state index is 12.8. The molecular weight excluding hydrogens is 322 g/mol. The van der Waals surface area contributed by atoms with E-state index in [0.29, 0.717) is 0 Å². The number of methoxy groups -OCH3 is 1. The zero-order valence-corrected chi connectivity index (χ0v) is 14.6. The summed E-state index contributed by atoms with van der Waals surface area (Å²) in [5, 5.41) is 2.12. The van der Waals surface area contributed by atoms with Crippen molar-refractivity contribution in [1.29, 1.82) is 0 Å². The highest BCUT2D eigenvalue weighted by Crippen LogP contribution is 2.25. The molecule has 0 aliphatic carbocycles. The second-order valence-corrected chi connectivity index (χ2v) is 8.26. The molecule has 8 heteroatoms. The molecule has 0 heterocycles. The van der Waals surface area contributed by atoms with Gasteiger partial charge in [0.1, 0.15) is 5.60 Å². The number of rotatable bonds is 4. The fourth-order valence-corrected chi connectivity index (χ4v) is 3.26. The molecule has 23 heavy (non-hydrogen) atoms. The molecule has 0 saturated heterocycles. The molecular formula is C15H21NO6S. The number of benzene rings is 1. The van der Waals surface area contributed by atoms with Crippen molar-refractivity contribution in [3.8, 4) is 0 Å². The van der Waals surface area contributed by atoms with E-state index in [4.69, 9.17) is 4.74 Å². The van der Waals surface area contributed by atoms with Gasteiger partial charge in [-0.3, -0.25) is 5.32 Å². The van der Waals surface area contributed by atoms with Gasteiger partial charge in [0.05, 0.1) is 12.0 Å². The number of amides is 1. The first-order chi connectivity index (χ1) is 10.4. The van der Waals surface area contributed by atoms with Gasteiger partial charge >= 0.3 is 12.1 Å². The third kappa shape index (κ3) is 4.22. The lowest BCUT2D eigenvalue weighted by atomic mass is 10.2. The molecule has 1 aromatic carbocycles. The molecule has 0 aliphatic rings. The highest BCUT2D eigenvalue weighted by Gasteiger charge is 2.50. The van der Waals surface area contributed by atoms with E-state index in [0.717, 1.165) is 14.0 Å². The summed E-state index contributed by atoms with van der Waals surface area (Å²) in [5.74, 6) is -1.12. The van der Waals surface area contributed by atoms with Crippen LogP contribution in [-0.4, -0.2) is 38.1 Å². The minimum absolute atomic E-state index is 0.121. The number of ether oxygens (including phenoxy) is 2. The molecule has 1 unspecified atom stereocenters. The Morgan fingerprint density at radius 1 is 1.04 bits per heavy atom. The summed E-state index contributed by atoms with van der Waals surface area (Å²) in [6.07, 6.45) is -1.04. The first-order valence-corrected chi connectivity index (χ1v) is 8.31. The van der Waals surface area contributed by atoms with Crippen molar-refractivity contribution < 1.29 is 27.5 Å². The lowest BCUT2D eigenvalue weighted by molar-refractivity contribution is -0.144. The predicted molar refractivity (Wildman–Crippen MR) is 83.4 cm³/mol. The van der Waals surface area contributed by atoms with E-state index in [1.54, 1.807) is 26.8 Å². The second-order valence-electron chi connectivity index (χ2n) is 5.97. The van der Waals surface area contributed by atoms with Gasteiger partial charge in [0, 0.05) is 0 Å². The molecule has 1 aromatic rings. The Kier molecular flexibility index (Phi) is 5.42. The van der Waals surface area contributed by atoms with Crippen LogP contribution in [0.1, 0.15) is 27.7 Å². The fourth-order valence-electron chi connectivity index (χ4n) is 1.76. The predicted octanol–water partition coefficient (Wildman–Crippen LogP) is 1.87. The second kappa shape index (κ2) is 6.57. The number of hydrogen-bond donors (Lipinski definition) is 1. The Morgan fingerprint density at radius 2 is 1.57 bits per heavy atom. The Hall–Kier alpha value is -2.09. The summed E-state index contributed by atoms with van der Waals surface area (Å²) in [4.78, 5) is 21.6. The van der Waals surface area contributed by atoms with Gasteiger partial charge in [0.25, 0.3) is 0 Å². The van der Waals surface area contributed by atoms with E-state index in [9.17, 15) is 18.0 Å². The third-order valence-electron chi connectivity index (χ3n) is 2.91. The van der Waals surface area contributed by atoms with Crippen molar-refractivity contribution in [2.75, 3.05) is 7.11 Å². The van der Waals surface area contributed by atoms with Gasteiger partial charge in [-0.2, -0.15) is 0 Å². The quantitative estimate of drug-likeness (QED) is 0.838. The van der Waals surface area contributed by atoms with Gasteiger partial charge in [0.2, 0.25) is 14.7 Å². The molecule has 0 aromatic heterocycles. The number of nitrogens with one attached hydrogen (secondary N) is 1. The first kappa shape index (κ1) is 19.0. The lowest BCUT2D eigenvalue weighted by Gasteiger charge is -2.29. The van der Waals surface area contributed by atoms with Crippen molar-refractivity contribution in [3.05, 3.63) is 30.3 Å². The van der Waals surface area contributed by atoms with E-state index in [1.807, 2.05) is 0 Å². The summed E-state index contributed by atoms with van der Waals surface area (Å²) < 4.78 is 35.2. The SMILES string of the molecule is COC(=O)C(C)(NC(=O)OC(C)(C)C)S(=O)(=O)c1ccccc1. The molecule has 0 spiro atoms. The van der Waals surface area contributed by atoms with Crippen molar-refractivity contribution >= 4 is 21.9 Å². The third-order valence-corrected chi connectivity index (χ3v) is 5.14. The highest BCUT2D eigenvalue weighted by molar-refractivity contribution is 7.93. The van der Waals surface area contributed by atoms with Crippen LogP contribution >= 0.6 is 0 Å². The Morgan fingerprint density at radius 3 is 2.00 bits per heavy atom. The van der Waals surface area contributed by atoms with Gasteiger partial charge in [-0.25, -0.2) is 18.0 Å². The van der Waals surface area contributed by atoms with Crippen LogP contribution in [0.3, 0.4) is 0 Å². The summed E-state index contributed by atoms with van der Waals surface area (Å²) in [6, 6.07) is 7.31. The fraction of sp³-hybridized carbons (Fsp3) is 0.467. The topological polar surface area (TPSA) is 98.8 Å². The van der Waals surface area contributed by atoms with Crippen LogP contribution in [-0.2, 0) is 24.1 Å². The highest BCUT2D eigenvalue weighted by atomic mass is 32.2. The van der Waals surface area contributed by atoms with Gasteiger partial charge in [-0.15, -0.1) is 0 Å². The number of carbonyl (C=O) groups excluding carboxylic acids is 2. The smallest absolute Gasteiger partial charge is 0.409 e. The number of hydrogen-bond acceptors (Lipinski definition) is 6. The van der Waals surface area contributed by atoms with E-state index in [1.165, 1.54) is 24.3 Å². The van der Waals surface area contributed by atoms with Crippen LogP contribution in [0.5, 0.6) is 0 Å². The first-order valence-electron chi connectivity index (χ1n) is 6.83. The molecule has 0 radical (unpaired) electrons. The van der Waals surface area contributed by atoms with E-state index < -0.39 is 32.4 Å². The normalized spacial score (nSPS) is 14.5. The van der Waals surface area contributed by atoms with Crippen molar-refractivity contribution in [1.82, 2.24) is 5.32 Å². The molecule has 1 rings (SSSR count). The summed E-state index contributed by atoms with van der Waals surface area (Å²) in [5.41, 5.74) is -0.850. The van der Waals surface area contributed by atoms with Crippen LogP contribution in [0.4, 0.5) is 4.79 Å². The van der Waals surface area contributed by atoms with E-state index >= 15 is 0 Å². The van der Waals surface area contributed by atoms with Crippen LogP contribution in [0, 0.1) is 0 Å². The monoisotopic (exact) mass is 343 g/mol. The number of esters is 1. The van der Waals surface area contributed by atoms with Gasteiger partial charge < -0.3 is 9.47 Å². The van der Waals surface area contributed by atoms with Crippen LogP contribution in [0.15, 0.2) is 35.2 Å². The van der Waals surface area contributed by atoms with Gasteiger partial charge in [0.15, 0.2) is 0 Å². The number of alkyl carbamates (subject to hydrolysis) is 1. The minimum atomic E-state index is -4.25. The maximum atomic E-state index is 12.8. The zero-order chi connectivity index (χ0) is 17.9. The van der Waals surface area contributed by atoms with Crippen molar-refractivity contribution in [3.63, 3.8) is 0 Å². The van der Waals surface area contributed by atoms with E-state index in [2.05, 4.69) is 10.1 Å². The molecule has 7 nitrogen and oxygen atoms in total. The molecule has 1 N–H and O–H groups in total. The minimum Gasteiger partial charge on any atom is -0.466 e.